The molecule has 1 aromatic carbocycles. The number of ketones is 1. The molecule has 176 valence electrons. The number of ether oxygens (including phenoxy) is 1. The van der Waals surface area contributed by atoms with E-state index in [1.54, 1.807) is 6.92 Å². The smallest absolute Gasteiger partial charge is 0.341 e. The Labute approximate surface area is 198 Å². The molecule has 7 nitrogen and oxygen atoms in total. The number of carbonyl (C=O) groups is 3. The predicted molar refractivity (Wildman–Crippen MR) is 131 cm³/mol. The minimum Gasteiger partial charge on any atom is -0.465 e. The maximum Gasteiger partial charge on any atom is 0.341 e. The van der Waals surface area contributed by atoms with E-state index >= 15 is 0 Å². The van der Waals surface area contributed by atoms with E-state index in [0.29, 0.717) is 22.7 Å². The van der Waals surface area contributed by atoms with Crippen LogP contribution in [0.5, 0.6) is 0 Å². The number of aryl methyl sites for hydroxylation is 1. The van der Waals surface area contributed by atoms with Crippen molar-refractivity contribution >= 4 is 39.7 Å². The van der Waals surface area contributed by atoms with Crippen molar-refractivity contribution in [3.05, 3.63) is 45.8 Å². The number of nitrogens with one attached hydrogen (secondary N) is 1. The lowest BCUT2D eigenvalue weighted by Gasteiger charge is -2.35. The second kappa shape index (κ2) is 10.5. The highest BCUT2D eigenvalue weighted by molar-refractivity contribution is 7.17. The van der Waals surface area contributed by atoms with Crippen LogP contribution in [0.2, 0.25) is 0 Å². The van der Waals surface area contributed by atoms with Crippen LogP contribution in [-0.4, -0.2) is 62.4 Å². The van der Waals surface area contributed by atoms with Crippen molar-refractivity contribution in [3.8, 4) is 0 Å². The first-order chi connectivity index (χ1) is 16.0. The van der Waals surface area contributed by atoms with Crippen molar-refractivity contribution < 1.29 is 19.1 Å². The summed E-state index contributed by atoms with van der Waals surface area (Å²) >= 11 is 1.53. The average molecular weight is 470 g/mol. The first kappa shape index (κ1) is 23.4. The molecule has 0 radical (unpaired) electrons. The van der Waals surface area contributed by atoms with Gasteiger partial charge in [-0.25, -0.2) is 4.79 Å². The van der Waals surface area contributed by atoms with E-state index in [9.17, 15) is 14.4 Å². The van der Waals surface area contributed by atoms with E-state index in [-0.39, 0.29) is 17.7 Å². The minimum atomic E-state index is -0.367. The number of carbonyl (C=O) groups excluding carboxylic acids is 3. The number of rotatable bonds is 6. The quantitative estimate of drug-likeness (QED) is 0.394. The lowest BCUT2D eigenvalue weighted by molar-refractivity contribution is -0.117. The number of esters is 1. The van der Waals surface area contributed by atoms with Crippen LogP contribution in [0.4, 0.5) is 10.7 Å². The minimum absolute atomic E-state index is 0.0647. The molecule has 4 rings (SSSR count). The van der Waals surface area contributed by atoms with E-state index in [1.807, 2.05) is 24.3 Å². The van der Waals surface area contributed by atoms with Gasteiger partial charge in [-0.2, -0.15) is 0 Å². The number of hydrogen-bond donors (Lipinski definition) is 1. The predicted octanol–water partition coefficient (Wildman–Crippen LogP) is 3.77. The summed E-state index contributed by atoms with van der Waals surface area (Å²) < 4.78 is 5.03. The Hall–Kier alpha value is -2.71. The number of amides is 1. The van der Waals surface area contributed by atoms with Crippen LogP contribution >= 0.6 is 11.3 Å². The zero-order valence-electron chi connectivity index (χ0n) is 19.3. The van der Waals surface area contributed by atoms with Gasteiger partial charge in [-0.3, -0.25) is 14.5 Å². The van der Waals surface area contributed by atoms with Gasteiger partial charge in [0.15, 0.2) is 5.78 Å². The van der Waals surface area contributed by atoms with E-state index in [0.717, 1.165) is 69.5 Å². The SMILES string of the molecule is COC(=O)c1c(NC(=O)CN2CCN(c3ccc(C(C)=O)cc3)CC2)sc2c1CCCCC2. The highest BCUT2D eigenvalue weighted by Gasteiger charge is 2.27. The molecular weight excluding hydrogens is 438 g/mol. The normalized spacial score (nSPS) is 16.6. The number of thiophene rings is 1. The first-order valence-corrected chi connectivity index (χ1v) is 12.4. The lowest BCUT2D eigenvalue weighted by atomic mass is 10.1. The number of methoxy groups -OCH3 is 1. The van der Waals surface area contributed by atoms with Gasteiger partial charge in [0, 0.05) is 42.3 Å². The molecule has 2 heterocycles. The van der Waals surface area contributed by atoms with Gasteiger partial charge in [0.25, 0.3) is 0 Å². The number of hydrogen-bond acceptors (Lipinski definition) is 7. The fourth-order valence-electron chi connectivity index (χ4n) is 4.59. The molecule has 8 heteroatoms. The molecule has 0 unspecified atom stereocenters. The molecule has 0 saturated carbocycles. The average Bonchev–Trinajstić information content (AvgIpc) is 2.98. The Kier molecular flexibility index (Phi) is 7.45. The molecule has 0 bridgehead atoms. The molecule has 2 aliphatic rings. The number of Topliss-reactive ketones (excluding diaryl/α,β-unsaturated/α-hetero) is 1. The zero-order valence-corrected chi connectivity index (χ0v) is 20.1. The summed E-state index contributed by atoms with van der Waals surface area (Å²) in [6.45, 7) is 5.03. The van der Waals surface area contributed by atoms with Crippen molar-refractivity contribution in [2.45, 2.75) is 39.0 Å². The fraction of sp³-hybridized carbons (Fsp3) is 0.480. The molecule has 1 aliphatic carbocycles. The summed E-state index contributed by atoms with van der Waals surface area (Å²) in [7, 11) is 1.39. The number of benzene rings is 1. The molecule has 0 atom stereocenters. The molecule has 0 spiro atoms. The van der Waals surface area contributed by atoms with Crippen LogP contribution in [0.15, 0.2) is 24.3 Å². The van der Waals surface area contributed by atoms with Crippen molar-refractivity contribution in [1.82, 2.24) is 4.90 Å². The second-order valence-electron chi connectivity index (χ2n) is 8.67. The second-order valence-corrected chi connectivity index (χ2v) is 9.78. The van der Waals surface area contributed by atoms with Crippen molar-refractivity contribution in [1.29, 1.82) is 0 Å². The third-order valence-corrected chi connectivity index (χ3v) is 7.65. The molecule has 1 N–H and O–H groups in total. The van der Waals surface area contributed by atoms with Gasteiger partial charge in [-0.05, 0) is 62.4 Å². The maximum atomic E-state index is 12.8. The topological polar surface area (TPSA) is 79.0 Å². The highest BCUT2D eigenvalue weighted by atomic mass is 32.1. The van der Waals surface area contributed by atoms with Crippen LogP contribution in [0.1, 0.15) is 57.3 Å². The van der Waals surface area contributed by atoms with E-state index < -0.39 is 0 Å². The Bertz CT molecular complexity index is 1020. The van der Waals surface area contributed by atoms with Crippen LogP contribution < -0.4 is 10.2 Å². The van der Waals surface area contributed by atoms with Crippen LogP contribution in [0.25, 0.3) is 0 Å². The fourth-order valence-corrected chi connectivity index (χ4v) is 5.88. The van der Waals surface area contributed by atoms with E-state index in [1.165, 1.54) is 23.3 Å². The molecule has 2 aromatic rings. The largest absolute Gasteiger partial charge is 0.465 e. The molecule has 1 amide bonds. The van der Waals surface area contributed by atoms with Crippen molar-refractivity contribution in [2.24, 2.45) is 0 Å². The van der Waals surface area contributed by atoms with Crippen molar-refractivity contribution in [2.75, 3.05) is 50.1 Å². The van der Waals surface area contributed by atoms with Crippen LogP contribution in [0, 0.1) is 0 Å². The highest BCUT2D eigenvalue weighted by Crippen LogP contribution is 2.38. The van der Waals surface area contributed by atoms with Gasteiger partial charge in [-0.1, -0.05) is 6.42 Å². The standard InChI is InChI=1S/C25H31N3O4S/c1-17(29)18-8-10-19(11-9-18)28-14-12-27(13-15-28)16-22(30)26-24-23(25(31)32-2)20-6-4-3-5-7-21(20)33-24/h8-11H,3-7,12-16H2,1-2H3,(H,26,30). The summed E-state index contributed by atoms with van der Waals surface area (Å²) in [5.41, 5.74) is 3.41. The van der Waals surface area contributed by atoms with E-state index in [4.69, 9.17) is 4.74 Å². The van der Waals surface area contributed by atoms with Gasteiger partial charge in [0.2, 0.25) is 5.91 Å². The van der Waals surface area contributed by atoms with Crippen LogP contribution in [-0.2, 0) is 22.4 Å². The van der Waals surface area contributed by atoms with Gasteiger partial charge in [0.05, 0.1) is 19.2 Å². The molecule has 1 fully saturated rings. The summed E-state index contributed by atoms with van der Waals surface area (Å²) in [5, 5.41) is 3.63. The molecular formula is C25H31N3O4S. The van der Waals surface area contributed by atoms with Crippen LogP contribution in [0.3, 0.4) is 0 Å². The summed E-state index contributed by atoms with van der Waals surface area (Å²) in [5.74, 6) is -0.403. The summed E-state index contributed by atoms with van der Waals surface area (Å²) in [4.78, 5) is 42.4. The molecule has 33 heavy (non-hydrogen) atoms. The van der Waals surface area contributed by atoms with Gasteiger partial charge < -0.3 is 15.0 Å². The number of piperazine rings is 1. The number of fused-ring (bicyclic) bond motifs is 1. The zero-order chi connectivity index (χ0) is 23.4. The first-order valence-electron chi connectivity index (χ1n) is 11.6. The van der Waals surface area contributed by atoms with Gasteiger partial charge in [0.1, 0.15) is 5.00 Å². The van der Waals surface area contributed by atoms with Gasteiger partial charge in [-0.15, -0.1) is 11.3 Å². The third-order valence-electron chi connectivity index (χ3n) is 6.44. The Balaban J connectivity index is 1.35. The Morgan fingerprint density at radius 2 is 1.70 bits per heavy atom. The summed E-state index contributed by atoms with van der Waals surface area (Å²) in [6, 6.07) is 7.68. The summed E-state index contributed by atoms with van der Waals surface area (Å²) in [6.07, 6.45) is 5.15. The molecule has 1 saturated heterocycles. The maximum absolute atomic E-state index is 12.8. The Morgan fingerprint density at radius 3 is 2.36 bits per heavy atom. The monoisotopic (exact) mass is 469 g/mol. The third kappa shape index (κ3) is 5.45. The molecule has 1 aliphatic heterocycles. The number of anilines is 2. The van der Waals surface area contributed by atoms with Gasteiger partial charge >= 0.3 is 5.97 Å². The number of nitrogens with zero attached hydrogens (tertiary/aromatic N) is 2. The van der Waals surface area contributed by atoms with Crippen molar-refractivity contribution in [3.63, 3.8) is 0 Å². The van der Waals surface area contributed by atoms with E-state index in [2.05, 4.69) is 15.1 Å². The Morgan fingerprint density at radius 1 is 1.00 bits per heavy atom. The lowest BCUT2D eigenvalue weighted by Crippen LogP contribution is -2.48. The molecule has 1 aromatic heterocycles.